The van der Waals surface area contributed by atoms with Gasteiger partial charge in [0.25, 0.3) is 0 Å². The number of aliphatic hydroxyl groups excluding tert-OH is 1. The van der Waals surface area contributed by atoms with Crippen LogP contribution in [0.15, 0.2) is 54.6 Å². The first-order valence-electron chi connectivity index (χ1n) is 12.2. The zero-order chi connectivity index (χ0) is 24.9. The number of hydrogen-bond donors (Lipinski definition) is 2. The van der Waals surface area contributed by atoms with Crippen LogP contribution in [-0.2, 0) is 0 Å². The lowest BCUT2D eigenvalue weighted by Crippen LogP contribution is -2.40. The lowest BCUT2D eigenvalue weighted by molar-refractivity contribution is 0.0592. The lowest BCUT2D eigenvalue weighted by Gasteiger charge is -2.33. The van der Waals surface area contributed by atoms with Gasteiger partial charge in [0.1, 0.15) is 35.8 Å². The van der Waals surface area contributed by atoms with Crippen LogP contribution in [0.3, 0.4) is 0 Å². The molecule has 35 heavy (non-hydrogen) atoms. The zero-order valence-electron chi connectivity index (χ0n) is 20.8. The Kier molecular flexibility index (Phi) is 7.93. The number of likely N-dealkylation sites (tertiary alicyclic amines) is 1. The molecule has 6 heteroatoms. The Hall–Kier alpha value is -3.09. The molecule has 0 amide bonds. The van der Waals surface area contributed by atoms with Crippen LogP contribution in [0.1, 0.15) is 41.0 Å². The summed E-state index contributed by atoms with van der Waals surface area (Å²) in [5.41, 5.74) is 11.2. The largest absolute Gasteiger partial charge is 0.491 e. The summed E-state index contributed by atoms with van der Waals surface area (Å²) in [5.74, 6) is 2.36. The third-order valence-corrected chi connectivity index (χ3v) is 7.00. The van der Waals surface area contributed by atoms with E-state index in [1.165, 1.54) is 17.7 Å². The van der Waals surface area contributed by atoms with Crippen molar-refractivity contribution in [2.24, 2.45) is 0 Å². The molecular weight excluding hydrogens is 443 g/mol. The number of piperidine rings is 1. The molecule has 1 atom stereocenters. The second kappa shape index (κ2) is 11.1. The summed E-state index contributed by atoms with van der Waals surface area (Å²) in [6.07, 6.45) is 1.54. The highest BCUT2D eigenvalue weighted by Gasteiger charge is 2.23. The van der Waals surface area contributed by atoms with Gasteiger partial charge in [0.2, 0.25) is 0 Å². The standard InChI is InChI=1S/C29H35FN2O3/c1-19-16-28(20(2)21(3)29(19)31)34-18-25(33)17-32-14-12-23(13-15-32)22-4-8-26(9-5-22)35-27-10-6-24(30)7-11-27/h4-11,16,23,25,33H,12-15,17-18,31H2,1-3H3. The molecule has 1 saturated heterocycles. The lowest BCUT2D eigenvalue weighted by atomic mass is 9.89. The quantitative estimate of drug-likeness (QED) is 0.404. The Morgan fingerprint density at radius 3 is 2.20 bits per heavy atom. The monoisotopic (exact) mass is 478 g/mol. The molecule has 0 radical (unpaired) electrons. The molecule has 186 valence electrons. The third kappa shape index (κ3) is 6.32. The fourth-order valence-corrected chi connectivity index (χ4v) is 4.65. The van der Waals surface area contributed by atoms with Crippen molar-refractivity contribution in [2.45, 2.75) is 45.6 Å². The van der Waals surface area contributed by atoms with Crippen LogP contribution in [0.5, 0.6) is 17.2 Å². The number of anilines is 1. The Balaban J connectivity index is 1.23. The smallest absolute Gasteiger partial charge is 0.127 e. The topological polar surface area (TPSA) is 68.0 Å². The Morgan fingerprint density at radius 1 is 0.971 bits per heavy atom. The Morgan fingerprint density at radius 2 is 1.57 bits per heavy atom. The molecule has 0 aromatic heterocycles. The van der Waals surface area contributed by atoms with Crippen molar-refractivity contribution in [1.29, 1.82) is 0 Å². The summed E-state index contributed by atoms with van der Waals surface area (Å²) in [5, 5.41) is 10.6. The van der Waals surface area contributed by atoms with Crippen LogP contribution in [0.2, 0.25) is 0 Å². The van der Waals surface area contributed by atoms with E-state index in [4.69, 9.17) is 15.2 Å². The van der Waals surface area contributed by atoms with Gasteiger partial charge in [0.15, 0.2) is 0 Å². The highest BCUT2D eigenvalue weighted by atomic mass is 19.1. The number of halogens is 1. The molecule has 3 aromatic carbocycles. The van der Waals surface area contributed by atoms with Gasteiger partial charge >= 0.3 is 0 Å². The summed E-state index contributed by atoms with van der Waals surface area (Å²) >= 11 is 0. The SMILES string of the molecule is Cc1cc(OCC(O)CN2CCC(c3ccc(Oc4ccc(F)cc4)cc3)CC2)c(C)c(C)c1N. The van der Waals surface area contributed by atoms with Gasteiger partial charge in [-0.15, -0.1) is 0 Å². The van der Waals surface area contributed by atoms with Gasteiger partial charge in [-0.1, -0.05) is 12.1 Å². The van der Waals surface area contributed by atoms with Crippen molar-refractivity contribution in [2.75, 3.05) is 32.0 Å². The average Bonchev–Trinajstić information content (AvgIpc) is 2.86. The molecule has 3 aromatic rings. The van der Waals surface area contributed by atoms with E-state index in [-0.39, 0.29) is 12.4 Å². The second-order valence-corrected chi connectivity index (χ2v) is 9.52. The molecule has 5 nitrogen and oxygen atoms in total. The molecule has 0 spiro atoms. The van der Waals surface area contributed by atoms with Crippen molar-refractivity contribution in [3.8, 4) is 17.2 Å². The first-order chi connectivity index (χ1) is 16.8. The highest BCUT2D eigenvalue weighted by Crippen LogP contribution is 2.31. The van der Waals surface area contributed by atoms with E-state index in [1.54, 1.807) is 12.1 Å². The third-order valence-electron chi connectivity index (χ3n) is 7.00. The van der Waals surface area contributed by atoms with E-state index in [1.807, 2.05) is 39.0 Å². The van der Waals surface area contributed by atoms with Crippen molar-refractivity contribution in [3.63, 3.8) is 0 Å². The van der Waals surface area contributed by atoms with Gasteiger partial charge in [-0.2, -0.15) is 0 Å². The van der Waals surface area contributed by atoms with Crippen LogP contribution in [0.4, 0.5) is 10.1 Å². The van der Waals surface area contributed by atoms with Crippen LogP contribution in [0, 0.1) is 26.6 Å². The number of β-amino-alcohol motifs (C(OH)–C–C–N with tert-alkyl or cyclic N) is 1. The van der Waals surface area contributed by atoms with E-state index >= 15 is 0 Å². The van der Waals surface area contributed by atoms with Crippen LogP contribution < -0.4 is 15.2 Å². The number of benzene rings is 3. The van der Waals surface area contributed by atoms with Gasteiger partial charge in [-0.25, -0.2) is 4.39 Å². The molecule has 0 saturated carbocycles. The van der Waals surface area contributed by atoms with Gasteiger partial charge < -0.3 is 25.2 Å². The van der Waals surface area contributed by atoms with Crippen molar-refractivity contribution >= 4 is 5.69 Å². The minimum Gasteiger partial charge on any atom is -0.491 e. The van der Waals surface area contributed by atoms with Crippen molar-refractivity contribution in [1.82, 2.24) is 4.90 Å². The molecule has 0 bridgehead atoms. The van der Waals surface area contributed by atoms with E-state index in [2.05, 4.69) is 17.0 Å². The van der Waals surface area contributed by atoms with E-state index in [0.717, 1.165) is 59.8 Å². The van der Waals surface area contributed by atoms with Crippen LogP contribution in [0.25, 0.3) is 0 Å². The first kappa shape index (κ1) is 25.0. The molecule has 1 unspecified atom stereocenters. The summed E-state index contributed by atoms with van der Waals surface area (Å²) in [4.78, 5) is 2.31. The normalized spacial score (nSPS) is 15.7. The van der Waals surface area contributed by atoms with Crippen LogP contribution in [-0.4, -0.2) is 42.4 Å². The number of hydrogen-bond acceptors (Lipinski definition) is 5. The number of aryl methyl sites for hydroxylation is 1. The molecule has 1 fully saturated rings. The Labute approximate surface area is 207 Å². The number of nitrogen functional groups attached to an aromatic ring is 1. The predicted octanol–water partition coefficient (Wildman–Crippen LogP) is 5.74. The molecule has 0 aliphatic carbocycles. The fraction of sp³-hybridized carbons (Fsp3) is 0.379. The van der Waals surface area contributed by atoms with Crippen molar-refractivity contribution < 1.29 is 19.0 Å². The Bertz CT molecular complexity index is 1120. The first-order valence-corrected chi connectivity index (χ1v) is 12.2. The number of aliphatic hydroxyl groups is 1. The second-order valence-electron chi connectivity index (χ2n) is 9.52. The van der Waals surface area contributed by atoms with Gasteiger partial charge in [-0.05, 0) is 117 Å². The van der Waals surface area contributed by atoms with Crippen LogP contribution >= 0.6 is 0 Å². The summed E-state index contributed by atoms with van der Waals surface area (Å²) in [6.45, 7) is 8.71. The maximum absolute atomic E-state index is 13.1. The molecule has 3 N–H and O–H groups in total. The van der Waals surface area contributed by atoms with Gasteiger partial charge in [0.05, 0.1) is 0 Å². The average molecular weight is 479 g/mol. The number of ether oxygens (including phenoxy) is 2. The molecule has 1 aliphatic rings. The van der Waals surface area contributed by atoms with E-state index in [9.17, 15) is 9.50 Å². The molecule has 1 heterocycles. The van der Waals surface area contributed by atoms with Gasteiger partial charge in [-0.3, -0.25) is 0 Å². The molecule has 4 rings (SSSR count). The summed E-state index contributed by atoms with van der Waals surface area (Å²) in [6, 6.07) is 16.1. The molecule has 1 aliphatic heterocycles. The van der Waals surface area contributed by atoms with Crippen molar-refractivity contribution in [3.05, 3.63) is 82.7 Å². The van der Waals surface area contributed by atoms with E-state index < -0.39 is 6.10 Å². The summed E-state index contributed by atoms with van der Waals surface area (Å²) in [7, 11) is 0. The highest BCUT2D eigenvalue weighted by molar-refractivity contribution is 5.60. The van der Waals surface area contributed by atoms with E-state index in [0.29, 0.717) is 18.2 Å². The zero-order valence-corrected chi connectivity index (χ0v) is 20.8. The van der Waals surface area contributed by atoms with Gasteiger partial charge in [0, 0.05) is 12.2 Å². The number of nitrogens with zero attached hydrogens (tertiary/aromatic N) is 1. The molecular formula is C29H35FN2O3. The minimum absolute atomic E-state index is 0.263. The maximum Gasteiger partial charge on any atom is 0.127 e. The minimum atomic E-state index is -0.549. The maximum atomic E-state index is 13.1. The summed E-state index contributed by atoms with van der Waals surface area (Å²) < 4.78 is 24.8. The fourth-order valence-electron chi connectivity index (χ4n) is 4.65. The predicted molar refractivity (Wildman–Crippen MR) is 138 cm³/mol. The number of nitrogens with two attached hydrogens (primary N) is 1. The number of rotatable bonds is 8.